The van der Waals surface area contributed by atoms with Gasteiger partial charge in [-0.05, 0) is 42.2 Å². The molecule has 0 N–H and O–H groups in total. The molecule has 5 heteroatoms. The predicted octanol–water partition coefficient (Wildman–Crippen LogP) is 3.62. The van der Waals surface area contributed by atoms with Crippen molar-refractivity contribution in [2.24, 2.45) is 0 Å². The quantitative estimate of drug-likeness (QED) is 0.696. The van der Waals surface area contributed by atoms with Crippen LogP contribution in [0.2, 0.25) is 0 Å². The topological polar surface area (TPSA) is 53.4 Å². The normalized spacial score (nSPS) is 15.3. The van der Waals surface area contributed by atoms with Crippen molar-refractivity contribution < 1.29 is 9.47 Å². The molecular weight excluding hydrogens is 340 g/mol. The Balaban J connectivity index is 1.40. The van der Waals surface area contributed by atoms with Crippen molar-refractivity contribution in [3.8, 4) is 22.9 Å². The average molecular weight is 362 g/mol. The average Bonchev–Trinajstić information content (AvgIpc) is 3.08. The SMILES string of the molecule is CCc1cn2c(nc1=O)OC(COc1ccc(-c3ccccc3C)cc1)C2. The highest BCUT2D eigenvalue weighted by Crippen LogP contribution is 2.26. The van der Waals surface area contributed by atoms with E-state index in [9.17, 15) is 4.79 Å². The Kier molecular flexibility index (Phi) is 4.67. The van der Waals surface area contributed by atoms with Crippen molar-refractivity contribution in [1.29, 1.82) is 0 Å². The van der Waals surface area contributed by atoms with Gasteiger partial charge in [0.2, 0.25) is 0 Å². The minimum absolute atomic E-state index is 0.153. The Morgan fingerprint density at radius 2 is 1.96 bits per heavy atom. The van der Waals surface area contributed by atoms with Crippen LogP contribution in [-0.2, 0) is 13.0 Å². The van der Waals surface area contributed by atoms with Crippen LogP contribution in [0.4, 0.5) is 0 Å². The zero-order chi connectivity index (χ0) is 18.8. The molecule has 0 spiro atoms. The first-order chi connectivity index (χ1) is 13.1. The van der Waals surface area contributed by atoms with Gasteiger partial charge in [0.1, 0.15) is 12.4 Å². The number of benzene rings is 2. The molecule has 0 saturated heterocycles. The van der Waals surface area contributed by atoms with Gasteiger partial charge in [0.15, 0.2) is 6.10 Å². The first-order valence-corrected chi connectivity index (χ1v) is 9.20. The monoisotopic (exact) mass is 362 g/mol. The number of hydrogen-bond acceptors (Lipinski definition) is 4. The maximum absolute atomic E-state index is 11.8. The van der Waals surface area contributed by atoms with E-state index in [1.165, 1.54) is 16.7 Å². The highest BCUT2D eigenvalue weighted by atomic mass is 16.6. The number of fused-ring (bicyclic) bond motifs is 1. The molecule has 0 aliphatic carbocycles. The summed E-state index contributed by atoms with van der Waals surface area (Å²) in [6.45, 7) is 5.10. The van der Waals surface area contributed by atoms with E-state index in [1.54, 1.807) is 0 Å². The van der Waals surface area contributed by atoms with Crippen LogP contribution in [-0.4, -0.2) is 22.3 Å². The second-order valence-electron chi connectivity index (χ2n) is 6.75. The number of hydrogen-bond donors (Lipinski definition) is 0. The summed E-state index contributed by atoms with van der Waals surface area (Å²) < 4.78 is 13.5. The minimum atomic E-state index is -0.211. The molecule has 1 aromatic heterocycles. The molecule has 1 unspecified atom stereocenters. The van der Waals surface area contributed by atoms with E-state index in [0.29, 0.717) is 31.1 Å². The Labute approximate surface area is 158 Å². The molecule has 2 heterocycles. The molecule has 0 fully saturated rings. The third-order valence-corrected chi connectivity index (χ3v) is 4.83. The van der Waals surface area contributed by atoms with Crippen molar-refractivity contribution in [3.63, 3.8) is 0 Å². The summed E-state index contributed by atoms with van der Waals surface area (Å²) in [4.78, 5) is 15.8. The second kappa shape index (κ2) is 7.27. The van der Waals surface area contributed by atoms with E-state index in [0.717, 1.165) is 5.75 Å². The van der Waals surface area contributed by atoms with Gasteiger partial charge in [-0.2, -0.15) is 4.98 Å². The molecule has 0 saturated carbocycles. The molecular formula is C22H22N2O3. The number of aryl methyl sites for hydroxylation is 2. The van der Waals surface area contributed by atoms with Crippen LogP contribution in [0.1, 0.15) is 18.1 Å². The maximum atomic E-state index is 11.8. The van der Waals surface area contributed by atoms with Crippen LogP contribution in [0.15, 0.2) is 59.5 Å². The number of nitrogens with zero attached hydrogens (tertiary/aromatic N) is 2. The molecule has 4 rings (SSSR count). The van der Waals surface area contributed by atoms with E-state index < -0.39 is 0 Å². The van der Waals surface area contributed by atoms with Gasteiger partial charge in [-0.1, -0.05) is 43.3 Å². The Morgan fingerprint density at radius 1 is 1.19 bits per heavy atom. The van der Waals surface area contributed by atoms with Crippen molar-refractivity contribution in [2.75, 3.05) is 6.61 Å². The number of ether oxygens (including phenoxy) is 2. The van der Waals surface area contributed by atoms with E-state index in [4.69, 9.17) is 9.47 Å². The second-order valence-corrected chi connectivity index (χ2v) is 6.75. The maximum Gasteiger partial charge on any atom is 0.300 e. The van der Waals surface area contributed by atoms with Gasteiger partial charge in [-0.25, -0.2) is 0 Å². The number of rotatable bonds is 5. The summed E-state index contributed by atoms with van der Waals surface area (Å²) in [5.41, 5.74) is 4.13. The summed E-state index contributed by atoms with van der Waals surface area (Å²) >= 11 is 0. The Bertz CT molecular complexity index is 1010. The van der Waals surface area contributed by atoms with Crippen LogP contribution in [0.25, 0.3) is 11.1 Å². The first kappa shape index (κ1) is 17.3. The van der Waals surface area contributed by atoms with Crippen molar-refractivity contribution in [1.82, 2.24) is 9.55 Å². The molecule has 5 nitrogen and oxygen atoms in total. The largest absolute Gasteiger partial charge is 0.490 e. The molecule has 2 aromatic carbocycles. The molecule has 0 amide bonds. The molecule has 3 aromatic rings. The Hall–Kier alpha value is -3.08. The van der Waals surface area contributed by atoms with E-state index in [-0.39, 0.29) is 11.7 Å². The lowest BCUT2D eigenvalue weighted by Gasteiger charge is -2.12. The van der Waals surface area contributed by atoms with Gasteiger partial charge < -0.3 is 9.47 Å². The van der Waals surface area contributed by atoms with Crippen LogP contribution < -0.4 is 15.0 Å². The molecule has 0 bridgehead atoms. The summed E-state index contributed by atoms with van der Waals surface area (Å²) in [6.07, 6.45) is 2.35. The zero-order valence-corrected chi connectivity index (χ0v) is 15.5. The lowest BCUT2D eigenvalue weighted by atomic mass is 10.0. The van der Waals surface area contributed by atoms with Gasteiger partial charge in [-0.3, -0.25) is 9.36 Å². The fourth-order valence-electron chi connectivity index (χ4n) is 3.30. The fourth-order valence-corrected chi connectivity index (χ4v) is 3.30. The lowest BCUT2D eigenvalue weighted by molar-refractivity contribution is 0.143. The summed E-state index contributed by atoms with van der Waals surface area (Å²) in [6, 6.07) is 16.8. The third kappa shape index (κ3) is 3.58. The van der Waals surface area contributed by atoms with Crippen LogP contribution >= 0.6 is 0 Å². The molecule has 1 aliphatic heterocycles. The molecule has 1 atom stereocenters. The van der Waals surface area contributed by atoms with E-state index in [2.05, 4.69) is 36.2 Å². The van der Waals surface area contributed by atoms with Crippen LogP contribution in [0.5, 0.6) is 11.8 Å². The van der Waals surface area contributed by atoms with Gasteiger partial charge in [-0.15, -0.1) is 0 Å². The summed E-state index contributed by atoms with van der Waals surface area (Å²) in [5.74, 6) is 0.795. The Morgan fingerprint density at radius 3 is 2.70 bits per heavy atom. The van der Waals surface area contributed by atoms with E-state index in [1.807, 2.05) is 42.0 Å². The van der Waals surface area contributed by atoms with Gasteiger partial charge in [0.25, 0.3) is 11.6 Å². The van der Waals surface area contributed by atoms with Crippen LogP contribution in [0.3, 0.4) is 0 Å². The van der Waals surface area contributed by atoms with Crippen molar-refractivity contribution in [3.05, 3.63) is 76.2 Å². The third-order valence-electron chi connectivity index (χ3n) is 4.83. The zero-order valence-electron chi connectivity index (χ0n) is 15.5. The van der Waals surface area contributed by atoms with Crippen molar-refractivity contribution >= 4 is 0 Å². The van der Waals surface area contributed by atoms with Crippen LogP contribution in [0, 0.1) is 6.92 Å². The highest BCUT2D eigenvalue weighted by molar-refractivity contribution is 5.67. The van der Waals surface area contributed by atoms with Crippen molar-refractivity contribution in [2.45, 2.75) is 32.9 Å². The highest BCUT2D eigenvalue weighted by Gasteiger charge is 2.24. The molecule has 138 valence electrons. The van der Waals surface area contributed by atoms with Gasteiger partial charge >= 0.3 is 0 Å². The number of aromatic nitrogens is 2. The van der Waals surface area contributed by atoms with Gasteiger partial charge in [0, 0.05) is 11.8 Å². The lowest BCUT2D eigenvalue weighted by Crippen LogP contribution is -2.23. The fraction of sp³-hybridized carbons (Fsp3) is 0.273. The smallest absolute Gasteiger partial charge is 0.300 e. The summed E-state index contributed by atoms with van der Waals surface area (Å²) in [7, 11) is 0. The van der Waals surface area contributed by atoms with Gasteiger partial charge in [0.05, 0.1) is 6.54 Å². The molecule has 0 radical (unpaired) electrons. The van der Waals surface area contributed by atoms with E-state index >= 15 is 0 Å². The standard InChI is InChI=1S/C22H22N2O3/c1-3-16-12-24-13-19(27-22(24)23-21(16)25)14-26-18-10-8-17(9-11-18)20-7-5-4-6-15(20)2/h4-12,19H,3,13-14H2,1-2H3. The molecule has 27 heavy (non-hydrogen) atoms. The summed E-state index contributed by atoms with van der Waals surface area (Å²) in [5, 5.41) is 0. The minimum Gasteiger partial charge on any atom is -0.490 e. The first-order valence-electron chi connectivity index (χ1n) is 9.20. The molecule has 1 aliphatic rings. The predicted molar refractivity (Wildman–Crippen MR) is 104 cm³/mol.